The molecule has 1 atom stereocenters. The average molecular weight is 326 g/mol. The van der Waals surface area contributed by atoms with Gasteiger partial charge in [0.2, 0.25) is 5.91 Å². The van der Waals surface area contributed by atoms with Crippen LogP contribution in [0.15, 0.2) is 42.9 Å². The molecule has 1 aromatic carbocycles. The maximum Gasteiger partial charge on any atom is 0.220 e. The number of hydrogen-bond donors (Lipinski definition) is 3. The van der Waals surface area contributed by atoms with Crippen molar-refractivity contribution in [2.45, 2.75) is 25.4 Å². The van der Waals surface area contributed by atoms with Crippen molar-refractivity contribution < 1.29 is 9.90 Å². The molecule has 0 bridgehead atoms. The first kappa shape index (κ1) is 16.3. The second-order valence-electron chi connectivity index (χ2n) is 6.31. The molecule has 2 aromatic heterocycles. The summed E-state index contributed by atoms with van der Waals surface area (Å²) in [4.78, 5) is 15.3. The number of aliphatic hydroxyl groups is 1. The van der Waals surface area contributed by atoms with Crippen molar-refractivity contribution in [1.29, 1.82) is 0 Å². The maximum atomic E-state index is 12.1. The zero-order valence-electron chi connectivity index (χ0n) is 13.9. The number of hydrogen-bond acceptors (Lipinski definition) is 3. The second kappa shape index (κ2) is 6.49. The molecule has 6 heteroatoms. The van der Waals surface area contributed by atoms with E-state index in [9.17, 15) is 9.90 Å². The molecule has 24 heavy (non-hydrogen) atoms. The molecule has 126 valence electrons. The van der Waals surface area contributed by atoms with E-state index in [1.165, 1.54) is 0 Å². The number of nitrogens with zero attached hydrogens (tertiary/aromatic N) is 2. The van der Waals surface area contributed by atoms with Gasteiger partial charge in [0.05, 0.1) is 12.7 Å². The van der Waals surface area contributed by atoms with Crippen LogP contribution in [0, 0.1) is 0 Å². The molecule has 6 nitrogen and oxygen atoms in total. The minimum Gasteiger partial charge on any atom is -0.383 e. The van der Waals surface area contributed by atoms with Gasteiger partial charge >= 0.3 is 0 Å². The standard InChI is InChI=1S/C18H22N4O2/c1-18(24,14-10-21-22(2)11-14)12-20-17(23)8-7-13-9-19-16-6-4-3-5-15(13)16/h3-6,9-11,19,24H,7-8,12H2,1-2H3,(H,20,23). The molecule has 0 spiro atoms. The Labute approximate surface area is 140 Å². The number of fused-ring (bicyclic) bond motifs is 1. The lowest BCUT2D eigenvalue weighted by Crippen LogP contribution is -2.38. The van der Waals surface area contributed by atoms with Crippen molar-refractivity contribution in [3.8, 4) is 0 Å². The Bertz CT molecular complexity index is 847. The summed E-state index contributed by atoms with van der Waals surface area (Å²) < 4.78 is 1.63. The van der Waals surface area contributed by atoms with Gasteiger partial charge in [0.1, 0.15) is 5.60 Å². The highest BCUT2D eigenvalue weighted by molar-refractivity contribution is 5.84. The highest BCUT2D eigenvalue weighted by Gasteiger charge is 2.25. The number of H-pyrrole nitrogens is 1. The van der Waals surface area contributed by atoms with Crippen molar-refractivity contribution in [2.24, 2.45) is 7.05 Å². The lowest BCUT2D eigenvalue weighted by molar-refractivity contribution is -0.122. The number of rotatable bonds is 6. The molecule has 0 saturated heterocycles. The van der Waals surface area contributed by atoms with Crippen LogP contribution in [0.2, 0.25) is 0 Å². The quantitative estimate of drug-likeness (QED) is 0.646. The van der Waals surface area contributed by atoms with Crippen LogP contribution in [-0.2, 0) is 23.9 Å². The third-order valence-electron chi connectivity index (χ3n) is 4.25. The number of carbonyl (C=O) groups excluding carboxylic acids is 1. The van der Waals surface area contributed by atoms with Crippen molar-refractivity contribution in [3.63, 3.8) is 0 Å². The van der Waals surface area contributed by atoms with Gasteiger partial charge in [-0.15, -0.1) is 0 Å². The predicted octanol–water partition coefficient (Wildman–Crippen LogP) is 1.86. The molecule has 0 radical (unpaired) electrons. The minimum atomic E-state index is -1.13. The summed E-state index contributed by atoms with van der Waals surface area (Å²) in [5, 5.41) is 18.5. The normalized spacial score (nSPS) is 13.8. The molecule has 0 saturated carbocycles. The van der Waals surface area contributed by atoms with E-state index < -0.39 is 5.60 Å². The molecule has 0 fully saturated rings. The van der Waals surface area contributed by atoms with Gasteiger partial charge in [-0.25, -0.2) is 0 Å². The van der Waals surface area contributed by atoms with Crippen LogP contribution in [0.25, 0.3) is 10.9 Å². The number of aromatic amines is 1. The number of aryl methyl sites for hydroxylation is 2. The van der Waals surface area contributed by atoms with Crippen LogP contribution < -0.4 is 5.32 Å². The molecule has 0 aliphatic rings. The van der Waals surface area contributed by atoms with Gasteiger partial charge in [0.15, 0.2) is 0 Å². The van der Waals surface area contributed by atoms with E-state index in [2.05, 4.69) is 15.4 Å². The first-order valence-electron chi connectivity index (χ1n) is 7.99. The summed E-state index contributed by atoms with van der Waals surface area (Å²) in [7, 11) is 1.79. The molecular formula is C18H22N4O2. The molecule has 3 aromatic rings. The Kier molecular flexibility index (Phi) is 4.40. The first-order chi connectivity index (χ1) is 11.5. The molecule has 2 heterocycles. The van der Waals surface area contributed by atoms with Crippen LogP contribution in [0.1, 0.15) is 24.5 Å². The number of amides is 1. The van der Waals surface area contributed by atoms with Gasteiger partial charge in [0.25, 0.3) is 0 Å². The SMILES string of the molecule is Cn1cc(C(C)(O)CNC(=O)CCc2c[nH]c3ccccc23)cn1. The molecule has 0 aliphatic heterocycles. The minimum absolute atomic E-state index is 0.0792. The number of benzene rings is 1. The fourth-order valence-corrected chi connectivity index (χ4v) is 2.75. The van der Waals surface area contributed by atoms with E-state index in [0.29, 0.717) is 18.4 Å². The Hall–Kier alpha value is -2.60. The van der Waals surface area contributed by atoms with Crippen LogP contribution in [0.3, 0.4) is 0 Å². The molecule has 3 N–H and O–H groups in total. The summed E-state index contributed by atoms with van der Waals surface area (Å²) in [6.07, 6.45) is 6.34. The molecule has 3 rings (SSSR count). The highest BCUT2D eigenvalue weighted by atomic mass is 16.3. The van der Waals surface area contributed by atoms with E-state index >= 15 is 0 Å². The third kappa shape index (κ3) is 3.49. The van der Waals surface area contributed by atoms with E-state index in [1.54, 1.807) is 31.0 Å². The van der Waals surface area contributed by atoms with Gasteiger partial charge in [-0.1, -0.05) is 18.2 Å². The number of carbonyl (C=O) groups is 1. The van der Waals surface area contributed by atoms with E-state index in [1.807, 2.05) is 30.5 Å². The zero-order valence-corrected chi connectivity index (χ0v) is 13.9. The van der Waals surface area contributed by atoms with Gasteiger partial charge in [-0.3, -0.25) is 9.48 Å². The van der Waals surface area contributed by atoms with Crippen molar-refractivity contribution >= 4 is 16.8 Å². The second-order valence-corrected chi connectivity index (χ2v) is 6.31. The molecule has 1 unspecified atom stereocenters. The topological polar surface area (TPSA) is 82.9 Å². The largest absolute Gasteiger partial charge is 0.383 e. The Morgan fingerprint density at radius 2 is 2.21 bits per heavy atom. The van der Waals surface area contributed by atoms with Crippen LogP contribution >= 0.6 is 0 Å². The Morgan fingerprint density at radius 3 is 2.96 bits per heavy atom. The molecule has 0 aliphatic carbocycles. The number of aromatic nitrogens is 3. The lowest BCUT2D eigenvalue weighted by atomic mass is 9.99. The Morgan fingerprint density at radius 1 is 1.42 bits per heavy atom. The van der Waals surface area contributed by atoms with Gasteiger partial charge in [0, 0.05) is 42.3 Å². The molecule has 1 amide bonds. The van der Waals surface area contributed by atoms with Gasteiger partial charge in [-0.2, -0.15) is 5.10 Å². The zero-order chi connectivity index (χ0) is 17.2. The summed E-state index contributed by atoms with van der Waals surface area (Å²) in [6.45, 7) is 1.83. The lowest BCUT2D eigenvalue weighted by Gasteiger charge is -2.22. The highest BCUT2D eigenvalue weighted by Crippen LogP contribution is 2.20. The predicted molar refractivity (Wildman–Crippen MR) is 92.4 cm³/mol. The fraction of sp³-hybridized carbons (Fsp3) is 0.333. The third-order valence-corrected chi connectivity index (χ3v) is 4.25. The van der Waals surface area contributed by atoms with E-state index in [-0.39, 0.29) is 12.5 Å². The summed E-state index contributed by atoms with van der Waals surface area (Å²) in [5.41, 5.74) is 1.75. The first-order valence-corrected chi connectivity index (χ1v) is 7.99. The smallest absolute Gasteiger partial charge is 0.220 e. The fourth-order valence-electron chi connectivity index (χ4n) is 2.75. The summed E-state index contributed by atoms with van der Waals surface area (Å²) >= 11 is 0. The van der Waals surface area contributed by atoms with E-state index in [4.69, 9.17) is 0 Å². The van der Waals surface area contributed by atoms with Crippen molar-refractivity contribution in [2.75, 3.05) is 6.54 Å². The van der Waals surface area contributed by atoms with Crippen LogP contribution in [-0.4, -0.2) is 32.3 Å². The monoisotopic (exact) mass is 326 g/mol. The number of nitrogens with one attached hydrogen (secondary N) is 2. The average Bonchev–Trinajstić information content (AvgIpc) is 3.18. The van der Waals surface area contributed by atoms with Crippen molar-refractivity contribution in [3.05, 3.63) is 54.0 Å². The number of para-hydroxylation sites is 1. The van der Waals surface area contributed by atoms with Crippen LogP contribution in [0.4, 0.5) is 0 Å². The van der Waals surface area contributed by atoms with Crippen LogP contribution in [0.5, 0.6) is 0 Å². The van der Waals surface area contributed by atoms with E-state index in [0.717, 1.165) is 16.5 Å². The maximum absolute atomic E-state index is 12.1. The Balaban J connectivity index is 1.54. The summed E-state index contributed by atoms with van der Waals surface area (Å²) in [5.74, 6) is -0.0792. The summed E-state index contributed by atoms with van der Waals surface area (Å²) in [6, 6.07) is 8.04. The van der Waals surface area contributed by atoms with Gasteiger partial charge in [-0.05, 0) is 25.0 Å². The molecular weight excluding hydrogens is 304 g/mol. The van der Waals surface area contributed by atoms with Crippen molar-refractivity contribution in [1.82, 2.24) is 20.1 Å². The van der Waals surface area contributed by atoms with Gasteiger partial charge < -0.3 is 15.4 Å².